The van der Waals surface area contributed by atoms with Crippen LogP contribution < -0.4 is 5.63 Å². The Hall–Kier alpha value is -2.64. The van der Waals surface area contributed by atoms with E-state index in [4.69, 9.17) is 4.42 Å². The van der Waals surface area contributed by atoms with Crippen LogP contribution >= 0.6 is 0 Å². The number of rotatable bonds is 4. The molecule has 3 rings (SSSR count). The maximum absolute atomic E-state index is 12.8. The fourth-order valence-corrected chi connectivity index (χ4v) is 4.01. The van der Waals surface area contributed by atoms with Gasteiger partial charge in [0.1, 0.15) is 11.3 Å². The van der Waals surface area contributed by atoms with Gasteiger partial charge in [-0.2, -0.15) is 0 Å². The first kappa shape index (κ1) is 18.2. The predicted octanol–water partition coefficient (Wildman–Crippen LogP) is 2.70. The molecule has 0 amide bonds. The fourth-order valence-electron chi connectivity index (χ4n) is 2.71. The zero-order chi connectivity index (χ0) is 19.1. The van der Waals surface area contributed by atoms with Crippen LogP contribution in [0.1, 0.15) is 11.1 Å². The maximum Gasteiger partial charge on any atom is 0.355 e. The molecule has 1 heterocycles. The third-order valence-electron chi connectivity index (χ3n) is 4.04. The van der Waals surface area contributed by atoms with E-state index in [9.17, 15) is 18.3 Å². The van der Waals surface area contributed by atoms with Crippen LogP contribution in [0.2, 0.25) is 0 Å². The largest absolute Gasteiger partial charge is 0.507 e. The van der Waals surface area contributed by atoms with E-state index >= 15 is 0 Å². The number of phenolic OH excluding ortho intramolecular Hbond substituents is 1. The molecule has 0 aliphatic rings. The Morgan fingerprint density at radius 1 is 1.08 bits per heavy atom. The van der Waals surface area contributed by atoms with Crippen LogP contribution in [-0.4, -0.2) is 32.5 Å². The van der Waals surface area contributed by atoms with Gasteiger partial charge in [-0.3, -0.25) is 0 Å². The van der Waals surface area contributed by atoms with Crippen molar-refractivity contribution in [2.24, 2.45) is 0 Å². The highest BCUT2D eigenvalue weighted by molar-refractivity contribution is 7.91. The van der Waals surface area contributed by atoms with Crippen LogP contribution in [0.5, 0.6) is 5.75 Å². The SMILES string of the molecule is Cc1ccc(S(=O)(=O)c2cc3ccc(O)c(CN(C)C)c3oc2=O)cc1. The summed E-state index contributed by atoms with van der Waals surface area (Å²) in [6.45, 7) is 2.19. The topological polar surface area (TPSA) is 87.8 Å². The number of sulfone groups is 1. The highest BCUT2D eigenvalue weighted by Crippen LogP contribution is 2.29. The van der Waals surface area contributed by atoms with Gasteiger partial charge in [-0.05, 0) is 51.4 Å². The Kier molecular flexibility index (Phi) is 4.60. The molecule has 0 spiro atoms. The molecule has 0 saturated carbocycles. The van der Waals surface area contributed by atoms with Gasteiger partial charge in [0.25, 0.3) is 0 Å². The first-order valence-corrected chi connectivity index (χ1v) is 9.43. The smallest absolute Gasteiger partial charge is 0.355 e. The summed E-state index contributed by atoms with van der Waals surface area (Å²) >= 11 is 0. The van der Waals surface area contributed by atoms with Crippen molar-refractivity contribution in [1.82, 2.24) is 4.90 Å². The van der Waals surface area contributed by atoms with Crippen LogP contribution in [0.3, 0.4) is 0 Å². The van der Waals surface area contributed by atoms with Gasteiger partial charge in [-0.15, -0.1) is 0 Å². The second-order valence-electron chi connectivity index (χ2n) is 6.43. The van der Waals surface area contributed by atoms with E-state index in [2.05, 4.69) is 0 Å². The minimum Gasteiger partial charge on any atom is -0.507 e. The number of fused-ring (bicyclic) bond motifs is 1. The summed E-state index contributed by atoms with van der Waals surface area (Å²) in [5.74, 6) is -0.0107. The van der Waals surface area contributed by atoms with E-state index in [1.807, 2.05) is 25.9 Å². The molecule has 136 valence electrons. The Morgan fingerprint density at radius 3 is 2.35 bits per heavy atom. The molecule has 7 heteroatoms. The predicted molar refractivity (Wildman–Crippen MR) is 98.2 cm³/mol. The number of aromatic hydroxyl groups is 1. The number of hydrogen-bond donors (Lipinski definition) is 1. The average molecular weight is 373 g/mol. The standard InChI is InChI=1S/C19H19NO5S/c1-12-4-7-14(8-5-12)26(23,24)17-10-13-6-9-16(21)15(11-20(2)3)18(13)25-19(17)22/h4-10,21H,11H2,1-3H3. The van der Waals surface area contributed by atoms with Gasteiger partial charge in [-0.25, -0.2) is 13.2 Å². The minimum absolute atomic E-state index is 0.0107. The van der Waals surface area contributed by atoms with E-state index in [1.54, 1.807) is 12.1 Å². The molecule has 0 bridgehead atoms. The van der Waals surface area contributed by atoms with Gasteiger partial charge in [0, 0.05) is 11.9 Å². The summed E-state index contributed by atoms with van der Waals surface area (Å²) < 4.78 is 31.0. The monoisotopic (exact) mass is 373 g/mol. The van der Waals surface area contributed by atoms with Crippen molar-refractivity contribution in [3.8, 4) is 5.75 Å². The number of benzene rings is 2. The first-order valence-electron chi connectivity index (χ1n) is 7.95. The van der Waals surface area contributed by atoms with Gasteiger partial charge in [0.2, 0.25) is 9.84 Å². The van der Waals surface area contributed by atoms with E-state index in [-0.39, 0.29) is 16.2 Å². The molecule has 6 nitrogen and oxygen atoms in total. The summed E-state index contributed by atoms with van der Waals surface area (Å²) in [5, 5.41) is 10.5. The summed E-state index contributed by atoms with van der Waals surface area (Å²) in [5.41, 5.74) is 0.581. The summed E-state index contributed by atoms with van der Waals surface area (Å²) in [7, 11) is -0.379. The molecule has 1 N–H and O–H groups in total. The van der Waals surface area contributed by atoms with E-state index in [0.717, 1.165) is 5.56 Å². The molecule has 26 heavy (non-hydrogen) atoms. The van der Waals surface area contributed by atoms with Crippen molar-refractivity contribution in [1.29, 1.82) is 0 Å². The van der Waals surface area contributed by atoms with Crippen molar-refractivity contribution < 1.29 is 17.9 Å². The average Bonchev–Trinajstić information content (AvgIpc) is 2.57. The van der Waals surface area contributed by atoms with Crippen LogP contribution in [0, 0.1) is 6.92 Å². The van der Waals surface area contributed by atoms with Crippen molar-refractivity contribution in [2.45, 2.75) is 23.3 Å². The Morgan fingerprint density at radius 2 is 1.73 bits per heavy atom. The van der Waals surface area contributed by atoms with Crippen molar-refractivity contribution in [2.75, 3.05) is 14.1 Å². The third-order valence-corrected chi connectivity index (χ3v) is 5.80. The first-order chi connectivity index (χ1) is 12.2. The minimum atomic E-state index is -4.00. The highest BCUT2D eigenvalue weighted by Gasteiger charge is 2.24. The molecular formula is C19H19NO5S. The molecule has 0 aliphatic carbocycles. The van der Waals surface area contributed by atoms with Gasteiger partial charge >= 0.3 is 5.63 Å². The molecular weight excluding hydrogens is 354 g/mol. The van der Waals surface area contributed by atoms with Crippen LogP contribution in [0.15, 0.2) is 61.5 Å². The van der Waals surface area contributed by atoms with E-state index < -0.39 is 20.4 Å². The zero-order valence-electron chi connectivity index (χ0n) is 14.7. The lowest BCUT2D eigenvalue weighted by Gasteiger charge is -2.13. The van der Waals surface area contributed by atoms with Crippen LogP contribution in [0.4, 0.5) is 0 Å². The lowest BCUT2D eigenvalue weighted by molar-refractivity contribution is 0.383. The van der Waals surface area contributed by atoms with Gasteiger partial charge in [0.15, 0.2) is 4.90 Å². The number of phenols is 1. The van der Waals surface area contributed by atoms with Crippen molar-refractivity contribution in [3.63, 3.8) is 0 Å². The number of aryl methyl sites for hydroxylation is 1. The second-order valence-corrected chi connectivity index (χ2v) is 8.35. The van der Waals surface area contributed by atoms with Crippen molar-refractivity contribution >= 4 is 20.8 Å². The summed E-state index contributed by atoms with van der Waals surface area (Å²) in [6.07, 6.45) is 0. The Balaban J connectivity index is 2.23. The van der Waals surface area contributed by atoms with Crippen molar-refractivity contribution in [3.05, 3.63) is 64.0 Å². The second kappa shape index (κ2) is 6.59. The molecule has 1 aromatic heterocycles. The normalized spacial score (nSPS) is 12.0. The quantitative estimate of drug-likeness (QED) is 0.708. The molecule has 0 unspecified atom stereocenters. The molecule has 0 saturated heterocycles. The van der Waals surface area contributed by atoms with Gasteiger partial charge < -0.3 is 14.4 Å². The number of hydrogen-bond acceptors (Lipinski definition) is 6. The molecule has 0 atom stereocenters. The molecule has 0 fully saturated rings. The highest BCUT2D eigenvalue weighted by atomic mass is 32.2. The van der Waals surface area contributed by atoms with Gasteiger partial charge in [0.05, 0.1) is 10.5 Å². The van der Waals surface area contributed by atoms with Crippen LogP contribution in [-0.2, 0) is 16.4 Å². The zero-order valence-corrected chi connectivity index (χ0v) is 15.5. The van der Waals surface area contributed by atoms with E-state index in [0.29, 0.717) is 17.5 Å². The molecule has 0 radical (unpaired) electrons. The lowest BCUT2D eigenvalue weighted by atomic mass is 10.1. The Bertz CT molecular complexity index is 1130. The molecule has 0 aliphatic heterocycles. The third kappa shape index (κ3) is 3.23. The Labute approximate surface area is 151 Å². The lowest BCUT2D eigenvalue weighted by Crippen LogP contribution is -2.16. The van der Waals surface area contributed by atoms with Gasteiger partial charge in [-0.1, -0.05) is 17.7 Å². The summed E-state index contributed by atoms with van der Waals surface area (Å²) in [4.78, 5) is 13.8. The molecule has 3 aromatic rings. The maximum atomic E-state index is 12.8. The van der Waals surface area contributed by atoms with Crippen LogP contribution in [0.25, 0.3) is 11.0 Å². The number of nitrogens with zero attached hydrogens (tertiary/aromatic N) is 1. The fraction of sp³-hybridized carbons (Fsp3) is 0.211. The summed E-state index contributed by atoms with van der Waals surface area (Å²) in [6, 6.07) is 10.6. The molecule has 2 aromatic carbocycles. The van der Waals surface area contributed by atoms with E-state index in [1.165, 1.54) is 30.3 Å².